The van der Waals surface area contributed by atoms with Crippen LogP contribution in [0.4, 0.5) is 0 Å². The smallest absolute Gasteiger partial charge is 0.239 e. The highest BCUT2D eigenvalue weighted by molar-refractivity contribution is 5.82. The van der Waals surface area contributed by atoms with Crippen molar-refractivity contribution in [2.45, 2.75) is 57.9 Å². The van der Waals surface area contributed by atoms with Crippen molar-refractivity contribution < 1.29 is 4.79 Å². The predicted molar refractivity (Wildman–Crippen MR) is 69.5 cm³/mol. The molecule has 1 heterocycles. The van der Waals surface area contributed by atoms with Crippen molar-refractivity contribution in [3.05, 3.63) is 0 Å². The molecule has 0 aromatic heterocycles. The zero-order valence-corrected chi connectivity index (χ0v) is 11.0. The normalized spacial score (nSPS) is 35.1. The average molecular weight is 238 g/mol. The minimum absolute atomic E-state index is 0.181. The van der Waals surface area contributed by atoms with Crippen molar-refractivity contribution >= 4 is 5.91 Å². The molecule has 0 aromatic carbocycles. The van der Waals surface area contributed by atoms with E-state index in [0.29, 0.717) is 0 Å². The zero-order valence-electron chi connectivity index (χ0n) is 11.0. The summed E-state index contributed by atoms with van der Waals surface area (Å²) in [5, 5.41) is 0. The fourth-order valence-corrected chi connectivity index (χ4v) is 3.35. The van der Waals surface area contributed by atoms with Crippen LogP contribution in [0, 0.1) is 11.8 Å². The van der Waals surface area contributed by atoms with Crippen molar-refractivity contribution in [1.29, 1.82) is 0 Å². The van der Waals surface area contributed by atoms with E-state index in [4.69, 9.17) is 5.73 Å². The predicted octanol–water partition coefficient (Wildman–Crippen LogP) is 2.15. The Morgan fingerprint density at radius 2 is 2.12 bits per heavy atom. The molecule has 3 unspecified atom stereocenters. The van der Waals surface area contributed by atoms with Gasteiger partial charge in [-0.3, -0.25) is 4.79 Å². The molecule has 2 fully saturated rings. The van der Waals surface area contributed by atoms with E-state index in [2.05, 4.69) is 6.92 Å². The minimum atomic E-state index is -0.228. The first kappa shape index (κ1) is 12.9. The Labute approximate surface area is 105 Å². The largest absolute Gasteiger partial charge is 0.341 e. The molecule has 0 spiro atoms. The zero-order chi connectivity index (χ0) is 12.3. The van der Waals surface area contributed by atoms with Crippen LogP contribution in [0.5, 0.6) is 0 Å². The van der Waals surface area contributed by atoms with Crippen LogP contribution in [-0.2, 0) is 4.79 Å². The molecule has 1 amide bonds. The molecule has 0 radical (unpaired) electrons. The van der Waals surface area contributed by atoms with Crippen LogP contribution in [0.1, 0.15) is 51.9 Å². The van der Waals surface area contributed by atoms with E-state index in [1.54, 1.807) is 0 Å². The second kappa shape index (κ2) is 5.85. The molecule has 2 aliphatic rings. The molecule has 3 atom stereocenters. The van der Waals surface area contributed by atoms with Gasteiger partial charge < -0.3 is 10.6 Å². The molecule has 1 saturated carbocycles. The van der Waals surface area contributed by atoms with Crippen LogP contribution in [0.25, 0.3) is 0 Å². The van der Waals surface area contributed by atoms with Crippen molar-refractivity contribution in [3.8, 4) is 0 Å². The number of amides is 1. The van der Waals surface area contributed by atoms with E-state index in [9.17, 15) is 4.79 Å². The number of rotatable bonds is 3. The number of hydrogen-bond acceptors (Lipinski definition) is 2. The van der Waals surface area contributed by atoms with Crippen LogP contribution < -0.4 is 5.73 Å². The van der Waals surface area contributed by atoms with Gasteiger partial charge in [0.2, 0.25) is 5.91 Å². The molecule has 1 saturated heterocycles. The highest BCUT2D eigenvalue weighted by Gasteiger charge is 2.26. The lowest BCUT2D eigenvalue weighted by Gasteiger charge is -2.33. The fourth-order valence-electron chi connectivity index (χ4n) is 3.35. The Morgan fingerprint density at radius 3 is 2.88 bits per heavy atom. The SMILES string of the molecule is CC1CCCC(CCN2CCCC(N)C2=O)C1. The van der Waals surface area contributed by atoms with Gasteiger partial charge in [0.1, 0.15) is 0 Å². The molecular formula is C14H26N2O. The summed E-state index contributed by atoms with van der Waals surface area (Å²) in [6.07, 6.45) is 8.61. The minimum Gasteiger partial charge on any atom is -0.341 e. The number of nitrogens with two attached hydrogens (primary N) is 1. The van der Waals surface area contributed by atoms with Crippen molar-refractivity contribution in [2.24, 2.45) is 17.6 Å². The van der Waals surface area contributed by atoms with Gasteiger partial charge in [-0.05, 0) is 37.5 Å². The Balaban J connectivity index is 1.75. The highest BCUT2D eigenvalue weighted by Crippen LogP contribution is 2.31. The van der Waals surface area contributed by atoms with E-state index in [0.717, 1.165) is 37.8 Å². The van der Waals surface area contributed by atoms with Crippen LogP contribution >= 0.6 is 0 Å². The van der Waals surface area contributed by atoms with Crippen molar-refractivity contribution in [3.63, 3.8) is 0 Å². The summed E-state index contributed by atoms with van der Waals surface area (Å²) >= 11 is 0. The summed E-state index contributed by atoms with van der Waals surface area (Å²) in [7, 11) is 0. The monoisotopic (exact) mass is 238 g/mol. The molecular weight excluding hydrogens is 212 g/mol. The third kappa shape index (κ3) is 3.44. The number of nitrogens with zero attached hydrogens (tertiary/aromatic N) is 1. The van der Waals surface area contributed by atoms with Crippen LogP contribution in [0.2, 0.25) is 0 Å². The molecule has 3 nitrogen and oxygen atoms in total. The maximum atomic E-state index is 11.9. The lowest BCUT2D eigenvalue weighted by atomic mass is 9.81. The maximum Gasteiger partial charge on any atom is 0.239 e. The Morgan fingerprint density at radius 1 is 1.29 bits per heavy atom. The fraction of sp³-hybridized carbons (Fsp3) is 0.929. The summed E-state index contributed by atoms with van der Waals surface area (Å²) in [6, 6.07) is -0.228. The Bertz CT molecular complexity index is 267. The maximum absolute atomic E-state index is 11.9. The van der Waals surface area contributed by atoms with Gasteiger partial charge in [0.25, 0.3) is 0 Å². The van der Waals surface area contributed by atoms with Gasteiger partial charge in [0, 0.05) is 13.1 Å². The first-order valence-electron chi connectivity index (χ1n) is 7.21. The van der Waals surface area contributed by atoms with Gasteiger partial charge in [0.15, 0.2) is 0 Å². The molecule has 2 N–H and O–H groups in total. The molecule has 98 valence electrons. The third-order valence-corrected chi connectivity index (χ3v) is 4.42. The molecule has 17 heavy (non-hydrogen) atoms. The van der Waals surface area contributed by atoms with Gasteiger partial charge in [-0.2, -0.15) is 0 Å². The molecule has 1 aliphatic carbocycles. The number of likely N-dealkylation sites (tertiary alicyclic amines) is 1. The van der Waals surface area contributed by atoms with E-state index < -0.39 is 0 Å². The molecule has 0 aromatic rings. The molecule has 3 heteroatoms. The van der Waals surface area contributed by atoms with Crippen molar-refractivity contribution in [1.82, 2.24) is 4.90 Å². The molecule has 1 aliphatic heterocycles. The first-order valence-corrected chi connectivity index (χ1v) is 7.21. The quantitative estimate of drug-likeness (QED) is 0.819. The second-order valence-electron chi connectivity index (χ2n) is 6.00. The standard InChI is InChI=1S/C14H26N2O/c1-11-4-2-5-12(10-11)7-9-16-8-3-6-13(15)14(16)17/h11-13H,2-10,15H2,1H3. The van der Waals surface area contributed by atoms with E-state index in [1.165, 1.54) is 32.1 Å². The number of carbonyl (C=O) groups is 1. The number of piperidine rings is 1. The second-order valence-corrected chi connectivity index (χ2v) is 6.00. The van der Waals surface area contributed by atoms with Gasteiger partial charge in [-0.25, -0.2) is 0 Å². The highest BCUT2D eigenvalue weighted by atomic mass is 16.2. The number of carbonyl (C=O) groups excluding carboxylic acids is 1. The van der Waals surface area contributed by atoms with Crippen molar-refractivity contribution in [2.75, 3.05) is 13.1 Å². The molecule has 0 bridgehead atoms. The Kier molecular flexibility index (Phi) is 4.43. The summed E-state index contributed by atoms with van der Waals surface area (Å²) in [4.78, 5) is 13.9. The lowest BCUT2D eigenvalue weighted by Crippen LogP contribution is -2.48. The third-order valence-electron chi connectivity index (χ3n) is 4.42. The summed E-state index contributed by atoms with van der Waals surface area (Å²) in [6.45, 7) is 4.22. The first-order chi connectivity index (χ1) is 8.16. The molecule has 2 rings (SSSR count). The van der Waals surface area contributed by atoms with Gasteiger partial charge in [0.05, 0.1) is 6.04 Å². The summed E-state index contributed by atoms with van der Waals surface area (Å²) < 4.78 is 0. The van der Waals surface area contributed by atoms with Gasteiger partial charge in [-0.15, -0.1) is 0 Å². The van der Waals surface area contributed by atoms with E-state index in [1.807, 2.05) is 4.90 Å². The summed E-state index contributed by atoms with van der Waals surface area (Å²) in [5.74, 6) is 1.90. The lowest BCUT2D eigenvalue weighted by molar-refractivity contribution is -0.135. The van der Waals surface area contributed by atoms with E-state index in [-0.39, 0.29) is 11.9 Å². The van der Waals surface area contributed by atoms with Gasteiger partial charge in [-0.1, -0.05) is 26.2 Å². The Hall–Kier alpha value is -0.570. The number of hydrogen-bond donors (Lipinski definition) is 1. The van der Waals surface area contributed by atoms with Gasteiger partial charge >= 0.3 is 0 Å². The topological polar surface area (TPSA) is 46.3 Å². The van der Waals surface area contributed by atoms with Crippen LogP contribution in [0.15, 0.2) is 0 Å². The average Bonchev–Trinajstić information content (AvgIpc) is 2.31. The van der Waals surface area contributed by atoms with E-state index >= 15 is 0 Å². The van der Waals surface area contributed by atoms with Crippen LogP contribution in [-0.4, -0.2) is 29.9 Å². The summed E-state index contributed by atoms with van der Waals surface area (Å²) in [5.41, 5.74) is 5.81. The van der Waals surface area contributed by atoms with Crippen LogP contribution in [0.3, 0.4) is 0 Å².